The van der Waals surface area contributed by atoms with Crippen molar-refractivity contribution in [2.24, 2.45) is 0 Å². The fraction of sp³-hybridized carbons (Fsp3) is 0.429. The van der Waals surface area contributed by atoms with E-state index in [1.807, 2.05) is 36.1 Å². The second-order valence-corrected chi connectivity index (χ2v) is 4.69. The Morgan fingerprint density at radius 3 is 2.68 bits per heavy atom. The number of aromatic nitrogens is 1. The molecule has 19 heavy (non-hydrogen) atoms. The first-order valence-electron chi connectivity index (χ1n) is 6.66. The van der Waals surface area contributed by atoms with Gasteiger partial charge in [0.15, 0.2) is 5.58 Å². The van der Waals surface area contributed by atoms with Crippen LogP contribution in [0.2, 0.25) is 0 Å². The Bertz CT molecular complexity index is 552. The Labute approximate surface area is 111 Å². The molecule has 1 aromatic carbocycles. The van der Waals surface area contributed by atoms with Crippen LogP contribution in [0.3, 0.4) is 0 Å². The Morgan fingerprint density at radius 2 is 2.00 bits per heavy atom. The first-order chi connectivity index (χ1) is 9.28. The number of carbonyl (C=O) groups is 1. The fourth-order valence-electron chi connectivity index (χ4n) is 2.37. The Morgan fingerprint density at radius 1 is 1.26 bits per heavy atom. The number of rotatable bonds is 2. The van der Waals surface area contributed by atoms with Crippen LogP contribution in [0, 0.1) is 0 Å². The molecule has 1 aliphatic heterocycles. The zero-order valence-corrected chi connectivity index (χ0v) is 11.0. The number of hydrogen-bond donors (Lipinski definition) is 0. The number of fused-ring (bicyclic) bond motifs is 1. The number of carbonyl (C=O) groups excluding carboxylic acids is 1. The van der Waals surface area contributed by atoms with Crippen LogP contribution in [0.25, 0.3) is 11.1 Å². The van der Waals surface area contributed by atoms with Crippen molar-refractivity contribution in [3.63, 3.8) is 0 Å². The lowest BCUT2D eigenvalue weighted by Crippen LogP contribution is -2.48. The average molecular weight is 259 g/mol. The van der Waals surface area contributed by atoms with E-state index in [2.05, 4.69) is 9.88 Å². The molecule has 2 heterocycles. The molecule has 0 spiro atoms. The molecule has 1 aliphatic rings. The van der Waals surface area contributed by atoms with Gasteiger partial charge in [0.25, 0.3) is 6.01 Å². The van der Waals surface area contributed by atoms with Gasteiger partial charge < -0.3 is 14.2 Å². The third-order valence-corrected chi connectivity index (χ3v) is 3.49. The minimum Gasteiger partial charge on any atom is -0.423 e. The first kappa shape index (κ1) is 12.0. The van der Waals surface area contributed by atoms with Gasteiger partial charge in [-0.15, -0.1) is 0 Å². The standard InChI is InChI=1S/C14H17N3O2/c1-2-13(18)16-7-9-17(10-8-16)14-15-11-5-3-4-6-12(11)19-14/h3-6H,2,7-10H2,1H3. The molecule has 100 valence electrons. The molecule has 5 nitrogen and oxygen atoms in total. The number of para-hydroxylation sites is 2. The van der Waals surface area contributed by atoms with Crippen LogP contribution in [0.4, 0.5) is 6.01 Å². The number of hydrogen-bond acceptors (Lipinski definition) is 4. The third kappa shape index (κ3) is 2.28. The predicted molar refractivity (Wildman–Crippen MR) is 73.1 cm³/mol. The summed E-state index contributed by atoms with van der Waals surface area (Å²) in [5, 5.41) is 0. The third-order valence-electron chi connectivity index (χ3n) is 3.49. The molecule has 2 aromatic rings. The van der Waals surface area contributed by atoms with Gasteiger partial charge in [-0.1, -0.05) is 19.1 Å². The van der Waals surface area contributed by atoms with Crippen LogP contribution < -0.4 is 4.90 Å². The summed E-state index contributed by atoms with van der Waals surface area (Å²) in [6.45, 7) is 4.93. The highest BCUT2D eigenvalue weighted by atomic mass is 16.4. The maximum absolute atomic E-state index is 11.6. The summed E-state index contributed by atoms with van der Waals surface area (Å²) < 4.78 is 5.74. The van der Waals surface area contributed by atoms with E-state index in [4.69, 9.17) is 4.42 Å². The van der Waals surface area contributed by atoms with E-state index in [0.29, 0.717) is 12.4 Å². The lowest BCUT2D eigenvalue weighted by Gasteiger charge is -2.33. The molecule has 0 aliphatic carbocycles. The van der Waals surface area contributed by atoms with E-state index in [1.54, 1.807) is 0 Å². The molecule has 3 rings (SSSR count). The highest BCUT2D eigenvalue weighted by Crippen LogP contribution is 2.22. The summed E-state index contributed by atoms with van der Waals surface area (Å²) in [4.78, 5) is 20.1. The SMILES string of the molecule is CCC(=O)N1CCN(c2nc3ccccc3o2)CC1. The van der Waals surface area contributed by atoms with Crippen molar-refractivity contribution in [1.82, 2.24) is 9.88 Å². The van der Waals surface area contributed by atoms with E-state index >= 15 is 0 Å². The van der Waals surface area contributed by atoms with E-state index in [9.17, 15) is 4.79 Å². The largest absolute Gasteiger partial charge is 0.423 e. The normalized spacial score (nSPS) is 16.1. The number of nitrogens with zero attached hydrogens (tertiary/aromatic N) is 3. The first-order valence-corrected chi connectivity index (χ1v) is 6.66. The zero-order chi connectivity index (χ0) is 13.2. The van der Waals surface area contributed by atoms with Gasteiger partial charge in [0.05, 0.1) is 0 Å². The summed E-state index contributed by atoms with van der Waals surface area (Å²) in [5.74, 6) is 0.220. The lowest BCUT2D eigenvalue weighted by molar-refractivity contribution is -0.131. The molecular weight excluding hydrogens is 242 g/mol. The summed E-state index contributed by atoms with van der Waals surface area (Å²) >= 11 is 0. The van der Waals surface area contributed by atoms with Crippen molar-refractivity contribution in [1.29, 1.82) is 0 Å². The molecule has 1 aromatic heterocycles. The Kier molecular flexibility index (Phi) is 3.11. The van der Waals surface area contributed by atoms with Gasteiger partial charge in [0.2, 0.25) is 5.91 Å². The lowest BCUT2D eigenvalue weighted by atomic mass is 10.3. The molecule has 1 fully saturated rings. The number of anilines is 1. The summed E-state index contributed by atoms with van der Waals surface area (Å²) in [5.41, 5.74) is 1.69. The van der Waals surface area contributed by atoms with Crippen molar-refractivity contribution < 1.29 is 9.21 Å². The van der Waals surface area contributed by atoms with Gasteiger partial charge in [-0.3, -0.25) is 4.79 Å². The van der Waals surface area contributed by atoms with Gasteiger partial charge in [-0.25, -0.2) is 0 Å². The van der Waals surface area contributed by atoms with Gasteiger partial charge in [0.1, 0.15) is 5.52 Å². The maximum atomic E-state index is 11.6. The highest BCUT2D eigenvalue weighted by Gasteiger charge is 2.22. The van der Waals surface area contributed by atoms with E-state index < -0.39 is 0 Å². The van der Waals surface area contributed by atoms with E-state index in [-0.39, 0.29) is 5.91 Å². The fourth-order valence-corrected chi connectivity index (χ4v) is 2.37. The van der Waals surface area contributed by atoms with Crippen molar-refractivity contribution >= 4 is 23.0 Å². The summed E-state index contributed by atoms with van der Waals surface area (Å²) in [6, 6.07) is 8.41. The monoisotopic (exact) mass is 259 g/mol. The van der Waals surface area contributed by atoms with Crippen LogP contribution in [0.1, 0.15) is 13.3 Å². The number of amides is 1. The van der Waals surface area contributed by atoms with Crippen molar-refractivity contribution in [2.75, 3.05) is 31.1 Å². The Balaban J connectivity index is 1.72. The second kappa shape index (κ2) is 4.91. The molecule has 0 bridgehead atoms. The number of oxazole rings is 1. The zero-order valence-electron chi connectivity index (χ0n) is 11.0. The minimum atomic E-state index is 0.220. The number of benzene rings is 1. The van der Waals surface area contributed by atoms with E-state index in [0.717, 1.165) is 37.3 Å². The predicted octanol–water partition coefficient (Wildman–Crippen LogP) is 1.89. The molecule has 0 saturated carbocycles. The molecule has 1 saturated heterocycles. The van der Waals surface area contributed by atoms with Crippen LogP contribution in [0.15, 0.2) is 28.7 Å². The van der Waals surface area contributed by atoms with Crippen molar-refractivity contribution in [3.8, 4) is 0 Å². The van der Waals surface area contributed by atoms with Gasteiger partial charge >= 0.3 is 0 Å². The quantitative estimate of drug-likeness (QED) is 0.826. The molecule has 1 amide bonds. The molecule has 0 N–H and O–H groups in total. The highest BCUT2D eigenvalue weighted by molar-refractivity contribution is 5.76. The maximum Gasteiger partial charge on any atom is 0.298 e. The van der Waals surface area contributed by atoms with Gasteiger partial charge in [-0.2, -0.15) is 4.98 Å². The summed E-state index contributed by atoms with van der Waals surface area (Å²) in [6.07, 6.45) is 0.572. The van der Waals surface area contributed by atoms with Crippen LogP contribution in [-0.2, 0) is 4.79 Å². The molecule has 0 unspecified atom stereocenters. The van der Waals surface area contributed by atoms with Crippen molar-refractivity contribution in [2.45, 2.75) is 13.3 Å². The molecular formula is C14H17N3O2. The Hall–Kier alpha value is -2.04. The smallest absolute Gasteiger partial charge is 0.298 e. The van der Waals surface area contributed by atoms with Crippen LogP contribution in [-0.4, -0.2) is 42.0 Å². The van der Waals surface area contributed by atoms with Crippen molar-refractivity contribution in [3.05, 3.63) is 24.3 Å². The van der Waals surface area contributed by atoms with Gasteiger partial charge in [0, 0.05) is 32.6 Å². The van der Waals surface area contributed by atoms with Gasteiger partial charge in [-0.05, 0) is 12.1 Å². The molecule has 5 heteroatoms. The van der Waals surface area contributed by atoms with Crippen LogP contribution >= 0.6 is 0 Å². The topological polar surface area (TPSA) is 49.6 Å². The number of piperazine rings is 1. The molecule has 0 radical (unpaired) electrons. The minimum absolute atomic E-state index is 0.220. The second-order valence-electron chi connectivity index (χ2n) is 4.69. The summed E-state index contributed by atoms with van der Waals surface area (Å²) in [7, 11) is 0. The van der Waals surface area contributed by atoms with Crippen LogP contribution in [0.5, 0.6) is 0 Å². The van der Waals surface area contributed by atoms with E-state index in [1.165, 1.54) is 0 Å². The molecule has 0 atom stereocenters. The average Bonchev–Trinajstić information content (AvgIpc) is 2.90.